The number of rotatable bonds is 9. The van der Waals surface area contributed by atoms with Crippen LogP contribution in [-0.2, 0) is 6.54 Å². The molecule has 1 atom stereocenters. The molecule has 10 heteroatoms. The Morgan fingerprint density at radius 2 is 2.06 bits per heavy atom. The number of fused-ring (bicyclic) bond motifs is 1. The Balaban J connectivity index is 1.59. The molecule has 0 spiro atoms. The van der Waals surface area contributed by atoms with Crippen LogP contribution in [0.2, 0.25) is 0 Å². The maximum Gasteiger partial charge on any atom is 0.320 e. The molecule has 10 nitrogen and oxygen atoms in total. The molecule has 1 unspecified atom stereocenters. The van der Waals surface area contributed by atoms with Gasteiger partial charge in [-0.1, -0.05) is 43.3 Å². The molecule has 0 saturated heterocycles. The summed E-state index contributed by atoms with van der Waals surface area (Å²) < 4.78 is 1.78. The lowest BCUT2D eigenvalue weighted by atomic mass is 10.0. The SMILES string of the molecule is CC/C=C(/CC(NC(=O)Nc1cc2cnn(-c3ccnc(C)c3)c2c(CN)n1)c1ccccc1)N=[NH2+]. The molecular weight excluding hydrogens is 454 g/mol. The van der Waals surface area contributed by atoms with Crippen LogP contribution in [-0.4, -0.2) is 25.8 Å². The van der Waals surface area contributed by atoms with Crippen molar-refractivity contribution in [1.29, 1.82) is 0 Å². The Morgan fingerprint density at radius 1 is 1.25 bits per heavy atom. The lowest BCUT2D eigenvalue weighted by Gasteiger charge is -2.19. The minimum atomic E-state index is -0.399. The van der Waals surface area contributed by atoms with Crippen molar-refractivity contribution >= 4 is 22.8 Å². The zero-order valence-electron chi connectivity index (χ0n) is 20.3. The van der Waals surface area contributed by atoms with Gasteiger partial charge >= 0.3 is 6.03 Å². The lowest BCUT2D eigenvalue weighted by molar-refractivity contribution is -0.215. The van der Waals surface area contributed by atoms with Crippen molar-refractivity contribution in [3.8, 4) is 5.69 Å². The van der Waals surface area contributed by atoms with Gasteiger partial charge in [0.2, 0.25) is 0 Å². The Kier molecular flexibility index (Phi) is 7.76. The van der Waals surface area contributed by atoms with E-state index in [2.05, 4.69) is 30.8 Å². The fourth-order valence-electron chi connectivity index (χ4n) is 4.08. The molecular formula is C26H30N9O+. The van der Waals surface area contributed by atoms with Crippen molar-refractivity contribution in [3.63, 3.8) is 0 Å². The molecule has 0 radical (unpaired) electrons. The molecule has 6 N–H and O–H groups in total. The monoisotopic (exact) mass is 484 g/mol. The third-order valence-electron chi connectivity index (χ3n) is 5.70. The maximum atomic E-state index is 13.0. The van der Waals surface area contributed by atoms with Crippen LogP contribution in [0, 0.1) is 6.92 Å². The summed E-state index contributed by atoms with van der Waals surface area (Å²) in [7, 11) is 0. The van der Waals surface area contributed by atoms with E-state index in [4.69, 9.17) is 11.3 Å². The molecule has 0 aliphatic heterocycles. The van der Waals surface area contributed by atoms with E-state index in [0.29, 0.717) is 17.9 Å². The number of nitrogens with one attached hydrogen (secondary N) is 2. The van der Waals surface area contributed by atoms with Gasteiger partial charge in [-0.15, -0.1) is 0 Å². The lowest BCUT2D eigenvalue weighted by Crippen LogP contribution is -2.34. The number of carbonyl (C=O) groups excluding carboxylic acids is 1. The second-order valence-corrected chi connectivity index (χ2v) is 8.31. The van der Waals surface area contributed by atoms with Gasteiger partial charge in [0.25, 0.3) is 0 Å². The number of nitrogens with zero attached hydrogens (tertiary/aromatic N) is 5. The largest absolute Gasteiger partial charge is 0.331 e. The van der Waals surface area contributed by atoms with E-state index >= 15 is 0 Å². The van der Waals surface area contributed by atoms with Crippen LogP contribution in [0.25, 0.3) is 16.6 Å². The van der Waals surface area contributed by atoms with Crippen molar-refractivity contribution in [2.75, 3.05) is 5.32 Å². The van der Waals surface area contributed by atoms with Crippen LogP contribution in [0.15, 0.2) is 77.8 Å². The Hall–Kier alpha value is -4.44. The average molecular weight is 485 g/mol. The van der Waals surface area contributed by atoms with E-state index in [0.717, 1.165) is 40.0 Å². The number of urea groups is 1. The summed E-state index contributed by atoms with van der Waals surface area (Å²) in [5, 5.41) is 15.1. The molecule has 3 aromatic heterocycles. The second-order valence-electron chi connectivity index (χ2n) is 8.31. The molecule has 4 aromatic rings. The van der Waals surface area contributed by atoms with E-state index in [1.165, 1.54) is 0 Å². The summed E-state index contributed by atoms with van der Waals surface area (Å²) in [4.78, 5) is 21.9. The van der Waals surface area contributed by atoms with Gasteiger partial charge < -0.3 is 11.1 Å². The minimum absolute atomic E-state index is 0.180. The summed E-state index contributed by atoms with van der Waals surface area (Å²) in [6, 6.07) is 14.6. The molecule has 2 amide bonds. The summed E-state index contributed by atoms with van der Waals surface area (Å²) in [5.74, 6) is 0.380. The first kappa shape index (κ1) is 24.7. The Labute approximate surface area is 209 Å². The standard InChI is InChI=1S/C26H29N9O/c1-3-7-20(34-28)14-22(18-8-5-4-6-9-18)32-26(36)33-24-13-19-16-30-35(25(19)23(15-27)31-24)21-10-11-29-17(2)12-21/h4-13,16,22,28H,3,14-15,27H2,1-2H3,(H2,31,32,33,36)/p+1/b20-7-,34-28?. The van der Waals surface area contributed by atoms with Crippen molar-refractivity contribution in [2.45, 2.75) is 39.3 Å². The van der Waals surface area contributed by atoms with Gasteiger partial charge in [0.15, 0.2) is 0 Å². The fourth-order valence-corrected chi connectivity index (χ4v) is 4.08. The molecule has 36 heavy (non-hydrogen) atoms. The number of hydrogen-bond acceptors (Lipinski definition) is 6. The molecule has 3 heterocycles. The molecule has 184 valence electrons. The first-order valence-electron chi connectivity index (χ1n) is 11.8. The van der Waals surface area contributed by atoms with E-state index in [9.17, 15) is 4.79 Å². The summed E-state index contributed by atoms with van der Waals surface area (Å²) in [5.41, 5.74) is 16.4. The maximum absolute atomic E-state index is 13.0. The summed E-state index contributed by atoms with van der Waals surface area (Å²) >= 11 is 0. The van der Waals surface area contributed by atoms with Crippen molar-refractivity contribution in [1.82, 2.24) is 25.1 Å². The first-order valence-corrected chi connectivity index (χ1v) is 11.8. The number of pyridine rings is 2. The highest BCUT2D eigenvalue weighted by atomic mass is 16.2. The highest BCUT2D eigenvalue weighted by Gasteiger charge is 2.19. The molecule has 0 saturated carbocycles. The second kappa shape index (κ2) is 11.3. The molecule has 0 aliphatic carbocycles. The quantitative estimate of drug-likeness (QED) is 0.269. The fraction of sp³-hybridized carbons (Fsp3) is 0.231. The highest BCUT2D eigenvalue weighted by molar-refractivity contribution is 5.92. The Bertz CT molecular complexity index is 1400. The van der Waals surface area contributed by atoms with Crippen molar-refractivity contribution < 1.29 is 10.3 Å². The number of nitrogens with two attached hydrogens (primary N) is 2. The number of hydrogen-bond donors (Lipinski definition) is 4. The van der Waals surface area contributed by atoms with Gasteiger partial charge in [0.1, 0.15) is 11.5 Å². The smallest absolute Gasteiger partial charge is 0.320 e. The Morgan fingerprint density at radius 3 is 2.75 bits per heavy atom. The van der Waals surface area contributed by atoms with E-state index < -0.39 is 6.03 Å². The molecule has 1 aromatic carbocycles. The predicted octanol–water partition coefficient (Wildman–Crippen LogP) is 3.34. The van der Waals surface area contributed by atoms with Crippen LogP contribution in [0.5, 0.6) is 0 Å². The number of carbonyl (C=O) groups is 1. The van der Waals surface area contributed by atoms with Crippen molar-refractivity contribution in [2.24, 2.45) is 10.8 Å². The topological polar surface area (TPSA) is 149 Å². The number of allylic oxidation sites excluding steroid dienone is 1. The third kappa shape index (κ3) is 5.61. The molecule has 0 aliphatic rings. The molecule has 0 bridgehead atoms. The summed E-state index contributed by atoms with van der Waals surface area (Å²) in [6.07, 6.45) is 6.66. The zero-order chi connectivity index (χ0) is 25.5. The molecule has 0 fully saturated rings. The van der Waals surface area contributed by atoms with Crippen LogP contribution in [0.1, 0.15) is 42.8 Å². The average Bonchev–Trinajstić information content (AvgIpc) is 3.32. The van der Waals surface area contributed by atoms with Crippen LogP contribution < -0.4 is 21.9 Å². The predicted molar refractivity (Wildman–Crippen MR) is 138 cm³/mol. The van der Waals surface area contributed by atoms with Crippen LogP contribution in [0.4, 0.5) is 10.6 Å². The number of amides is 2. The van der Waals surface area contributed by atoms with Gasteiger partial charge in [0.05, 0.1) is 29.1 Å². The number of anilines is 1. The zero-order valence-corrected chi connectivity index (χ0v) is 20.3. The number of aryl methyl sites for hydroxylation is 1. The van der Waals surface area contributed by atoms with E-state index in [-0.39, 0.29) is 12.6 Å². The van der Waals surface area contributed by atoms with Gasteiger partial charge in [-0.3, -0.25) is 10.3 Å². The third-order valence-corrected chi connectivity index (χ3v) is 5.70. The number of aromatic nitrogens is 4. The van der Waals surface area contributed by atoms with Gasteiger partial charge in [-0.05, 0) is 42.2 Å². The highest BCUT2D eigenvalue weighted by Crippen LogP contribution is 2.25. The van der Waals surface area contributed by atoms with Crippen molar-refractivity contribution in [3.05, 3.63) is 89.6 Å². The van der Waals surface area contributed by atoms with Gasteiger partial charge in [-0.2, -0.15) is 10.6 Å². The van der Waals surface area contributed by atoms with E-state index in [1.54, 1.807) is 23.1 Å². The van der Waals surface area contributed by atoms with Crippen LogP contribution >= 0.6 is 0 Å². The molecule has 4 rings (SSSR count). The first-order chi connectivity index (χ1) is 17.5. The normalized spacial score (nSPS) is 12.4. The minimum Gasteiger partial charge on any atom is -0.331 e. The summed E-state index contributed by atoms with van der Waals surface area (Å²) in [6.45, 7) is 4.11. The van der Waals surface area contributed by atoms with E-state index in [1.807, 2.05) is 62.4 Å². The number of benzene rings is 1. The van der Waals surface area contributed by atoms with Crippen LogP contribution in [0.3, 0.4) is 0 Å². The van der Waals surface area contributed by atoms with Gasteiger partial charge in [-0.25, -0.2) is 14.5 Å². The van der Waals surface area contributed by atoms with Gasteiger partial charge in [0, 0.05) is 30.2 Å².